The first kappa shape index (κ1) is 22.9. The number of hydrogen-bond acceptors (Lipinski definition) is 5. The molecule has 1 aromatic carbocycles. The minimum atomic E-state index is 0.173. The summed E-state index contributed by atoms with van der Waals surface area (Å²) in [5.41, 5.74) is 5.96. The van der Waals surface area contributed by atoms with E-state index in [-0.39, 0.29) is 5.91 Å². The van der Waals surface area contributed by atoms with Gasteiger partial charge in [0.05, 0.1) is 6.61 Å². The highest BCUT2D eigenvalue weighted by Gasteiger charge is 2.21. The number of fused-ring (bicyclic) bond motifs is 1. The molecule has 1 amide bonds. The van der Waals surface area contributed by atoms with Crippen LogP contribution in [0, 0.1) is 6.92 Å². The normalized spacial score (nSPS) is 13.3. The lowest BCUT2D eigenvalue weighted by Crippen LogP contribution is -2.31. The van der Waals surface area contributed by atoms with Crippen LogP contribution in [0.15, 0.2) is 61.2 Å². The molecule has 0 radical (unpaired) electrons. The molecule has 6 nitrogen and oxygen atoms in total. The average Bonchev–Trinajstić information content (AvgIpc) is 2.84. The van der Waals surface area contributed by atoms with Gasteiger partial charge in [0, 0.05) is 63.6 Å². The maximum Gasteiger partial charge on any atom is 0.227 e. The van der Waals surface area contributed by atoms with Gasteiger partial charge < -0.3 is 9.64 Å². The predicted molar refractivity (Wildman–Crippen MR) is 130 cm³/mol. The summed E-state index contributed by atoms with van der Waals surface area (Å²) in [4.78, 5) is 24.6. The standard InChI is InChI=1S/C27H32N4O2/c1-21-18-29-13-10-24(21)20-31(15-11-22-5-3-12-28-19-22)14-4-16-33-25-7-8-26-23(17-25)6-9-27(32)30(26)2/h3,5,7-8,10,12-13,17-19H,4,6,9,11,14-16,20H2,1-2H3. The summed E-state index contributed by atoms with van der Waals surface area (Å²) >= 11 is 0. The molecule has 33 heavy (non-hydrogen) atoms. The molecule has 0 aliphatic carbocycles. The number of ether oxygens (including phenoxy) is 1. The third-order valence-electron chi connectivity index (χ3n) is 6.25. The minimum Gasteiger partial charge on any atom is -0.494 e. The number of anilines is 1. The van der Waals surface area contributed by atoms with E-state index in [0.717, 1.165) is 50.3 Å². The Morgan fingerprint density at radius 1 is 1.06 bits per heavy atom. The largest absolute Gasteiger partial charge is 0.494 e. The Morgan fingerprint density at radius 3 is 2.76 bits per heavy atom. The number of aromatic nitrogens is 2. The third-order valence-corrected chi connectivity index (χ3v) is 6.25. The molecule has 2 aromatic heterocycles. The lowest BCUT2D eigenvalue weighted by molar-refractivity contribution is -0.118. The summed E-state index contributed by atoms with van der Waals surface area (Å²) in [6.45, 7) is 5.59. The fraction of sp³-hybridized carbons (Fsp3) is 0.370. The molecule has 0 fully saturated rings. The van der Waals surface area contributed by atoms with Gasteiger partial charge >= 0.3 is 0 Å². The van der Waals surface area contributed by atoms with Crippen molar-refractivity contribution in [2.75, 3.05) is 31.6 Å². The second-order valence-electron chi connectivity index (χ2n) is 8.63. The Labute approximate surface area is 196 Å². The van der Waals surface area contributed by atoms with Crippen LogP contribution in [0.5, 0.6) is 5.75 Å². The van der Waals surface area contributed by atoms with Crippen molar-refractivity contribution in [1.82, 2.24) is 14.9 Å². The van der Waals surface area contributed by atoms with Crippen LogP contribution < -0.4 is 9.64 Å². The molecule has 0 atom stereocenters. The zero-order valence-electron chi connectivity index (χ0n) is 19.5. The topological polar surface area (TPSA) is 58.6 Å². The van der Waals surface area contributed by atoms with E-state index in [1.54, 1.807) is 4.90 Å². The first-order chi connectivity index (χ1) is 16.1. The van der Waals surface area contributed by atoms with Crippen LogP contribution in [0.25, 0.3) is 0 Å². The maximum atomic E-state index is 11.9. The molecule has 0 unspecified atom stereocenters. The first-order valence-electron chi connectivity index (χ1n) is 11.6. The van der Waals surface area contributed by atoms with Gasteiger partial charge in [0.25, 0.3) is 0 Å². The van der Waals surface area contributed by atoms with Crippen LogP contribution in [0.2, 0.25) is 0 Å². The second kappa shape index (κ2) is 11.1. The Kier molecular flexibility index (Phi) is 7.68. The van der Waals surface area contributed by atoms with Crippen LogP contribution >= 0.6 is 0 Å². The SMILES string of the molecule is Cc1cnccc1CN(CCCOc1ccc2c(c1)CCC(=O)N2C)CCc1cccnc1. The number of carbonyl (C=O) groups excluding carboxylic acids is 1. The monoisotopic (exact) mass is 444 g/mol. The van der Waals surface area contributed by atoms with E-state index in [1.807, 2.05) is 50.0 Å². The zero-order valence-corrected chi connectivity index (χ0v) is 19.5. The lowest BCUT2D eigenvalue weighted by Gasteiger charge is -2.26. The van der Waals surface area contributed by atoms with Gasteiger partial charge in [0.2, 0.25) is 5.91 Å². The third kappa shape index (κ3) is 6.17. The molecule has 0 saturated heterocycles. The van der Waals surface area contributed by atoms with Crippen molar-refractivity contribution in [2.45, 2.75) is 39.2 Å². The van der Waals surface area contributed by atoms with Crippen molar-refractivity contribution in [3.63, 3.8) is 0 Å². The molecular weight excluding hydrogens is 412 g/mol. The summed E-state index contributed by atoms with van der Waals surface area (Å²) in [5, 5.41) is 0. The maximum absolute atomic E-state index is 11.9. The Bertz CT molecular complexity index is 1070. The number of hydrogen-bond donors (Lipinski definition) is 0. The summed E-state index contributed by atoms with van der Waals surface area (Å²) in [6.07, 6.45) is 10.8. The van der Waals surface area contributed by atoms with E-state index in [9.17, 15) is 4.79 Å². The highest BCUT2D eigenvalue weighted by atomic mass is 16.5. The molecule has 1 aliphatic heterocycles. The molecule has 6 heteroatoms. The fourth-order valence-electron chi connectivity index (χ4n) is 4.22. The highest BCUT2D eigenvalue weighted by Crippen LogP contribution is 2.30. The molecule has 0 spiro atoms. The van der Waals surface area contributed by atoms with Gasteiger partial charge in [-0.25, -0.2) is 0 Å². The molecule has 4 rings (SSSR count). The van der Waals surface area contributed by atoms with Crippen LogP contribution in [-0.4, -0.2) is 47.5 Å². The summed E-state index contributed by atoms with van der Waals surface area (Å²) in [7, 11) is 1.84. The molecule has 0 N–H and O–H groups in total. The number of pyridine rings is 2. The van der Waals surface area contributed by atoms with Crippen molar-refractivity contribution >= 4 is 11.6 Å². The molecule has 3 heterocycles. The number of carbonyl (C=O) groups is 1. The van der Waals surface area contributed by atoms with E-state index < -0.39 is 0 Å². The second-order valence-corrected chi connectivity index (χ2v) is 8.63. The van der Waals surface area contributed by atoms with Gasteiger partial charge in [-0.2, -0.15) is 0 Å². The van der Waals surface area contributed by atoms with E-state index in [4.69, 9.17) is 4.74 Å². The predicted octanol–water partition coefficient (Wildman–Crippen LogP) is 4.21. The highest BCUT2D eigenvalue weighted by molar-refractivity contribution is 5.95. The van der Waals surface area contributed by atoms with Gasteiger partial charge in [-0.05, 0) is 78.8 Å². The van der Waals surface area contributed by atoms with E-state index >= 15 is 0 Å². The van der Waals surface area contributed by atoms with Crippen LogP contribution in [0.4, 0.5) is 5.69 Å². The van der Waals surface area contributed by atoms with Crippen molar-refractivity contribution in [2.24, 2.45) is 0 Å². The van der Waals surface area contributed by atoms with Crippen molar-refractivity contribution < 1.29 is 9.53 Å². The number of amides is 1. The first-order valence-corrected chi connectivity index (χ1v) is 11.6. The molecule has 0 bridgehead atoms. The van der Waals surface area contributed by atoms with Gasteiger partial charge in [0.1, 0.15) is 5.75 Å². The zero-order chi connectivity index (χ0) is 23.0. The van der Waals surface area contributed by atoms with E-state index in [1.165, 1.54) is 22.3 Å². The van der Waals surface area contributed by atoms with Crippen LogP contribution in [0.3, 0.4) is 0 Å². The van der Waals surface area contributed by atoms with Crippen molar-refractivity contribution in [3.05, 3.63) is 83.4 Å². The molecule has 1 aliphatic rings. The smallest absolute Gasteiger partial charge is 0.227 e. The van der Waals surface area contributed by atoms with Crippen molar-refractivity contribution in [1.29, 1.82) is 0 Å². The molecule has 172 valence electrons. The van der Waals surface area contributed by atoms with Crippen LogP contribution in [0.1, 0.15) is 35.1 Å². The van der Waals surface area contributed by atoms with Gasteiger partial charge in [-0.3, -0.25) is 19.7 Å². The quantitative estimate of drug-likeness (QED) is 0.439. The van der Waals surface area contributed by atoms with E-state index in [0.29, 0.717) is 13.0 Å². The van der Waals surface area contributed by atoms with Crippen LogP contribution in [-0.2, 0) is 24.2 Å². The van der Waals surface area contributed by atoms with Gasteiger partial charge in [-0.15, -0.1) is 0 Å². The Morgan fingerprint density at radius 2 is 1.94 bits per heavy atom. The van der Waals surface area contributed by atoms with Gasteiger partial charge in [0.15, 0.2) is 0 Å². The lowest BCUT2D eigenvalue weighted by atomic mass is 10.0. The Balaban J connectivity index is 1.32. The van der Waals surface area contributed by atoms with Crippen molar-refractivity contribution in [3.8, 4) is 5.75 Å². The molecule has 3 aromatic rings. The minimum absolute atomic E-state index is 0.173. The molecular formula is C27H32N4O2. The number of aryl methyl sites for hydroxylation is 2. The van der Waals surface area contributed by atoms with Gasteiger partial charge in [-0.1, -0.05) is 6.07 Å². The average molecular weight is 445 g/mol. The number of rotatable bonds is 10. The molecule has 0 saturated carbocycles. The Hall–Kier alpha value is -3.25. The van der Waals surface area contributed by atoms with E-state index in [2.05, 4.69) is 40.0 Å². The number of nitrogens with zero attached hydrogens (tertiary/aromatic N) is 4. The number of benzene rings is 1. The summed E-state index contributed by atoms with van der Waals surface area (Å²) < 4.78 is 6.07. The fourth-order valence-corrected chi connectivity index (χ4v) is 4.22. The summed E-state index contributed by atoms with van der Waals surface area (Å²) in [5.74, 6) is 1.05. The summed E-state index contributed by atoms with van der Waals surface area (Å²) in [6, 6.07) is 12.3.